The molecule has 1 saturated carbocycles. The summed E-state index contributed by atoms with van der Waals surface area (Å²) in [5.74, 6) is 0.897. The zero-order valence-electron chi connectivity index (χ0n) is 10.4. The number of benzene rings is 1. The van der Waals surface area contributed by atoms with E-state index in [0.29, 0.717) is 0 Å². The van der Waals surface area contributed by atoms with Gasteiger partial charge < -0.3 is 10.2 Å². The van der Waals surface area contributed by atoms with Crippen molar-refractivity contribution in [2.75, 3.05) is 30.9 Å². The van der Waals surface area contributed by atoms with Crippen LogP contribution in [0.25, 0.3) is 0 Å². The average Bonchev–Trinajstić information content (AvgIpc) is 2.80. The normalized spacial score (nSPS) is 16.4. The zero-order chi connectivity index (χ0) is 11.4. The molecule has 0 unspecified atom stereocenters. The Kier molecular flexibility index (Phi) is 3.70. The molecule has 0 amide bonds. The Labute approximate surface area is 98.7 Å². The third-order valence-corrected chi connectivity index (χ3v) is 3.45. The van der Waals surface area contributed by atoms with Gasteiger partial charge in [0.1, 0.15) is 0 Å². The van der Waals surface area contributed by atoms with Gasteiger partial charge in [0.05, 0.1) is 0 Å². The molecule has 1 aliphatic carbocycles. The fraction of sp³-hybridized carbons (Fsp3) is 0.571. The SMILES string of the molecule is CN(C)c1ccc(NCC2CCCC2)cc1. The molecule has 1 aliphatic rings. The molecule has 88 valence electrons. The van der Waals surface area contributed by atoms with Crippen molar-refractivity contribution in [3.63, 3.8) is 0 Å². The number of nitrogens with one attached hydrogen (secondary N) is 1. The van der Waals surface area contributed by atoms with Crippen LogP contribution in [-0.4, -0.2) is 20.6 Å². The van der Waals surface area contributed by atoms with Crippen LogP contribution in [0, 0.1) is 5.92 Å². The van der Waals surface area contributed by atoms with E-state index in [1.54, 1.807) is 0 Å². The maximum Gasteiger partial charge on any atom is 0.0362 e. The lowest BCUT2D eigenvalue weighted by Crippen LogP contribution is -2.11. The molecule has 0 spiro atoms. The number of hydrogen-bond donors (Lipinski definition) is 1. The molecule has 0 bridgehead atoms. The Hall–Kier alpha value is -1.18. The second-order valence-electron chi connectivity index (χ2n) is 4.97. The minimum atomic E-state index is 0.897. The summed E-state index contributed by atoms with van der Waals surface area (Å²) in [6.07, 6.45) is 5.66. The summed E-state index contributed by atoms with van der Waals surface area (Å²) in [6, 6.07) is 8.67. The number of nitrogens with zero attached hydrogens (tertiary/aromatic N) is 1. The van der Waals surface area contributed by atoms with E-state index in [1.807, 2.05) is 0 Å². The fourth-order valence-electron chi connectivity index (χ4n) is 2.35. The Morgan fingerprint density at radius 1 is 1.12 bits per heavy atom. The number of hydrogen-bond acceptors (Lipinski definition) is 2. The molecule has 2 rings (SSSR count). The molecule has 0 atom stereocenters. The molecule has 0 heterocycles. The van der Waals surface area contributed by atoms with Gasteiger partial charge in [0.25, 0.3) is 0 Å². The van der Waals surface area contributed by atoms with E-state index < -0.39 is 0 Å². The van der Waals surface area contributed by atoms with Gasteiger partial charge in [-0.2, -0.15) is 0 Å². The van der Waals surface area contributed by atoms with Crippen molar-refractivity contribution in [2.24, 2.45) is 5.92 Å². The largest absolute Gasteiger partial charge is 0.385 e. The van der Waals surface area contributed by atoms with E-state index in [9.17, 15) is 0 Å². The Morgan fingerprint density at radius 3 is 2.31 bits per heavy atom. The van der Waals surface area contributed by atoms with E-state index in [2.05, 4.69) is 48.6 Å². The quantitative estimate of drug-likeness (QED) is 0.833. The molecule has 0 aromatic heterocycles. The van der Waals surface area contributed by atoms with Crippen LogP contribution in [0.1, 0.15) is 25.7 Å². The minimum Gasteiger partial charge on any atom is -0.385 e. The second-order valence-corrected chi connectivity index (χ2v) is 4.97. The first-order chi connectivity index (χ1) is 7.75. The van der Waals surface area contributed by atoms with E-state index in [1.165, 1.54) is 37.1 Å². The van der Waals surface area contributed by atoms with E-state index in [4.69, 9.17) is 0 Å². The first-order valence-corrected chi connectivity index (χ1v) is 6.27. The predicted octanol–water partition coefficient (Wildman–Crippen LogP) is 3.35. The molecule has 1 aromatic carbocycles. The van der Waals surface area contributed by atoms with Crippen molar-refractivity contribution in [1.82, 2.24) is 0 Å². The van der Waals surface area contributed by atoms with E-state index >= 15 is 0 Å². The smallest absolute Gasteiger partial charge is 0.0362 e. The van der Waals surface area contributed by atoms with Crippen molar-refractivity contribution in [3.8, 4) is 0 Å². The van der Waals surface area contributed by atoms with Crippen molar-refractivity contribution in [2.45, 2.75) is 25.7 Å². The third kappa shape index (κ3) is 2.91. The van der Waals surface area contributed by atoms with Crippen LogP contribution >= 0.6 is 0 Å². The lowest BCUT2D eigenvalue weighted by atomic mass is 10.1. The molecule has 2 nitrogen and oxygen atoms in total. The topological polar surface area (TPSA) is 15.3 Å². The summed E-state index contributed by atoms with van der Waals surface area (Å²) in [6.45, 7) is 1.14. The van der Waals surface area contributed by atoms with Gasteiger partial charge in [-0.1, -0.05) is 12.8 Å². The molecule has 16 heavy (non-hydrogen) atoms. The monoisotopic (exact) mass is 218 g/mol. The number of rotatable bonds is 4. The van der Waals surface area contributed by atoms with Crippen LogP contribution < -0.4 is 10.2 Å². The van der Waals surface area contributed by atoms with Gasteiger partial charge >= 0.3 is 0 Å². The highest BCUT2D eigenvalue weighted by Gasteiger charge is 2.14. The Bertz CT molecular complexity index is 310. The van der Waals surface area contributed by atoms with Gasteiger partial charge in [-0.05, 0) is 43.0 Å². The average molecular weight is 218 g/mol. The van der Waals surface area contributed by atoms with Gasteiger partial charge in [0, 0.05) is 32.0 Å². The lowest BCUT2D eigenvalue weighted by molar-refractivity contribution is 0.580. The van der Waals surface area contributed by atoms with Gasteiger partial charge in [-0.15, -0.1) is 0 Å². The summed E-state index contributed by atoms with van der Waals surface area (Å²) in [7, 11) is 4.14. The highest BCUT2D eigenvalue weighted by molar-refractivity contribution is 5.54. The first-order valence-electron chi connectivity index (χ1n) is 6.27. The summed E-state index contributed by atoms with van der Waals surface area (Å²) in [5, 5.41) is 3.53. The summed E-state index contributed by atoms with van der Waals surface area (Å²) < 4.78 is 0. The van der Waals surface area contributed by atoms with E-state index in [0.717, 1.165) is 12.5 Å². The molecular formula is C14H22N2. The van der Waals surface area contributed by atoms with Gasteiger partial charge in [-0.3, -0.25) is 0 Å². The zero-order valence-corrected chi connectivity index (χ0v) is 10.4. The highest BCUT2D eigenvalue weighted by atomic mass is 15.1. The molecule has 1 N–H and O–H groups in total. The summed E-state index contributed by atoms with van der Waals surface area (Å²) in [4.78, 5) is 2.13. The summed E-state index contributed by atoms with van der Waals surface area (Å²) >= 11 is 0. The van der Waals surface area contributed by atoms with Crippen LogP contribution in [0.4, 0.5) is 11.4 Å². The maximum atomic E-state index is 3.53. The minimum absolute atomic E-state index is 0.897. The lowest BCUT2D eigenvalue weighted by Gasteiger charge is -2.15. The number of anilines is 2. The molecule has 0 aliphatic heterocycles. The van der Waals surface area contributed by atoms with Gasteiger partial charge in [0.15, 0.2) is 0 Å². The van der Waals surface area contributed by atoms with Crippen molar-refractivity contribution in [1.29, 1.82) is 0 Å². The van der Waals surface area contributed by atoms with Crippen LogP contribution in [0.15, 0.2) is 24.3 Å². The van der Waals surface area contributed by atoms with Crippen molar-refractivity contribution in [3.05, 3.63) is 24.3 Å². The predicted molar refractivity (Wildman–Crippen MR) is 71.2 cm³/mol. The molecular weight excluding hydrogens is 196 g/mol. The van der Waals surface area contributed by atoms with E-state index in [-0.39, 0.29) is 0 Å². The van der Waals surface area contributed by atoms with Crippen LogP contribution in [0.2, 0.25) is 0 Å². The second kappa shape index (κ2) is 5.24. The standard InChI is InChI=1S/C14H22N2/c1-16(2)14-9-7-13(8-10-14)15-11-12-5-3-4-6-12/h7-10,12,15H,3-6,11H2,1-2H3. The third-order valence-electron chi connectivity index (χ3n) is 3.45. The maximum absolute atomic E-state index is 3.53. The molecule has 0 radical (unpaired) electrons. The van der Waals surface area contributed by atoms with Crippen LogP contribution in [0.3, 0.4) is 0 Å². The van der Waals surface area contributed by atoms with Crippen molar-refractivity contribution >= 4 is 11.4 Å². The summed E-state index contributed by atoms with van der Waals surface area (Å²) in [5.41, 5.74) is 2.50. The fourth-order valence-corrected chi connectivity index (χ4v) is 2.35. The molecule has 1 fully saturated rings. The van der Waals surface area contributed by atoms with Gasteiger partial charge in [-0.25, -0.2) is 0 Å². The Balaban J connectivity index is 1.84. The molecule has 1 aromatic rings. The van der Waals surface area contributed by atoms with Crippen molar-refractivity contribution < 1.29 is 0 Å². The Morgan fingerprint density at radius 2 is 1.75 bits per heavy atom. The van der Waals surface area contributed by atoms with Crippen LogP contribution in [0.5, 0.6) is 0 Å². The van der Waals surface area contributed by atoms with Gasteiger partial charge in [0.2, 0.25) is 0 Å². The molecule has 2 heteroatoms. The van der Waals surface area contributed by atoms with Crippen LogP contribution in [-0.2, 0) is 0 Å². The first kappa shape index (κ1) is 11.3. The highest BCUT2D eigenvalue weighted by Crippen LogP contribution is 2.25. The molecule has 0 saturated heterocycles.